The van der Waals surface area contributed by atoms with E-state index in [4.69, 9.17) is 23.1 Å². The number of nitrogens with one attached hydrogen (secondary N) is 4. The maximum atomic E-state index is 14.0. The summed E-state index contributed by atoms with van der Waals surface area (Å²) in [5, 5.41) is 19.7. The fourth-order valence-electron chi connectivity index (χ4n) is 10.5. The van der Waals surface area contributed by atoms with Crippen LogP contribution in [0.2, 0.25) is 0 Å². The van der Waals surface area contributed by atoms with Gasteiger partial charge < -0.3 is 61.3 Å². The van der Waals surface area contributed by atoms with Crippen molar-refractivity contribution in [2.45, 2.75) is 218 Å². The second-order valence-corrected chi connectivity index (χ2v) is 24.9. The summed E-state index contributed by atoms with van der Waals surface area (Å²) in [5.41, 5.74) is -3.32. The van der Waals surface area contributed by atoms with Crippen molar-refractivity contribution in [3.8, 4) is 0 Å². The van der Waals surface area contributed by atoms with Gasteiger partial charge in [0.15, 0.2) is 0 Å². The fourth-order valence-corrected chi connectivity index (χ4v) is 11.1. The molecule has 2 saturated heterocycles. The van der Waals surface area contributed by atoms with Gasteiger partial charge in [0.2, 0.25) is 23.6 Å². The number of rotatable bonds is 9. The standard InChI is InChI=1S/C28H41N6O6.C26H41N3O9S.CH4.Y/c1-6-39-25(37)28-15-19(28)12-10-8-7-9-11-13-21(30-26(38)40-27(3,4)5)24(36)33-17-20(14-22(33)23(35)31-28)34-29-16-18(2)32-34;1-6-36-23(32)26-15-17(26)12-10-8-7-9-11-13-19(27-24(33)37-25(2,3)4)22(31)29-16-18(38-39(5,34)35)14-20(29)21(30)28-26;;/h10,12,19-22H,6-9,11,13-15,17H2,1-5H3,(H,30,38)(H,31,35);10,12,17-20H,6-9,11,13-16H2,1-5H3,(H,27,33)(H,28,30);1H4;/q-1;;;/b2*12-10-;;/t19-,20?,21+,22+,28-;17-,18+,19+,20+,26-;;/m11../s1. The molecule has 6 aliphatic rings. The van der Waals surface area contributed by atoms with Gasteiger partial charge in [0, 0.05) is 70.5 Å². The van der Waals surface area contributed by atoms with E-state index in [0.717, 1.165) is 44.8 Å². The number of esters is 2. The molecule has 10 atom stereocenters. The van der Waals surface area contributed by atoms with Crippen molar-refractivity contribution in [1.29, 1.82) is 0 Å². The van der Waals surface area contributed by atoms with E-state index >= 15 is 0 Å². The quantitative estimate of drug-likeness (QED) is 0.0849. The van der Waals surface area contributed by atoms with Gasteiger partial charge in [-0.3, -0.25) is 23.4 Å². The Morgan fingerprint density at radius 3 is 1.57 bits per heavy atom. The summed E-state index contributed by atoms with van der Waals surface area (Å²) in [5.74, 6) is -3.44. The molecule has 451 valence electrons. The van der Waals surface area contributed by atoms with Crippen molar-refractivity contribution >= 4 is 57.9 Å². The number of fused-ring (bicyclic) bond motifs is 4. The van der Waals surface area contributed by atoms with Crippen LogP contribution in [0.25, 0.3) is 0 Å². The number of aryl methyl sites for hydroxylation is 1. The number of nitrogens with zero attached hydrogens (tertiary/aromatic N) is 5. The van der Waals surface area contributed by atoms with Crippen molar-refractivity contribution in [3.05, 3.63) is 36.2 Å². The van der Waals surface area contributed by atoms with Crippen molar-refractivity contribution < 1.29 is 103 Å². The SMILES string of the molecule is C.CCOC(=O)[C@@]12C[C@H]1/C=C\CCCCC[C@H](NC(=O)OC(C)(C)C)C(=O)N1CC(n3n[c-]c(C)n3)C[C@H]1C(=O)N2.CCOC(=O)[C@@]12C[C@H]1/C=C\CCCCC[C@H](NC(=O)OC(C)(C)C)C(=O)N1C[C@@H](OS(C)(=O)=O)C[C@H]1C(=O)N2.[Y]. The van der Waals surface area contributed by atoms with Gasteiger partial charge in [0.1, 0.15) is 46.4 Å². The third kappa shape index (κ3) is 19.0. The summed E-state index contributed by atoms with van der Waals surface area (Å²) in [6, 6.07) is -4.27. The van der Waals surface area contributed by atoms with Crippen LogP contribution >= 0.6 is 0 Å². The number of hydrogen-bond acceptors (Lipinski definition) is 17. The van der Waals surface area contributed by atoms with Gasteiger partial charge in [-0.25, -0.2) is 24.0 Å². The molecule has 7 rings (SSSR count). The molecular formula is C55H86N9O15SY-. The molecule has 4 N–H and O–H groups in total. The second kappa shape index (κ2) is 29.0. The topological polar surface area (TPSA) is 302 Å². The van der Waals surface area contributed by atoms with E-state index in [9.17, 15) is 46.8 Å². The first-order valence-electron chi connectivity index (χ1n) is 27.7. The van der Waals surface area contributed by atoms with Crippen LogP contribution in [0.1, 0.15) is 164 Å². The van der Waals surface area contributed by atoms with E-state index in [1.54, 1.807) is 62.3 Å². The van der Waals surface area contributed by atoms with Crippen molar-refractivity contribution in [2.75, 3.05) is 32.6 Å². The molecule has 26 heteroatoms. The minimum atomic E-state index is -3.87. The number of hydrogen-bond donors (Lipinski definition) is 4. The van der Waals surface area contributed by atoms with Crippen LogP contribution in [0.5, 0.6) is 0 Å². The Morgan fingerprint density at radius 1 is 0.716 bits per heavy atom. The third-order valence-electron chi connectivity index (χ3n) is 14.4. The summed E-state index contributed by atoms with van der Waals surface area (Å²) >= 11 is 0. The Bertz CT molecular complexity index is 2580. The van der Waals surface area contributed by atoms with Crippen molar-refractivity contribution in [1.82, 2.24) is 46.1 Å². The molecule has 81 heavy (non-hydrogen) atoms. The second-order valence-electron chi connectivity index (χ2n) is 23.3. The van der Waals surface area contributed by atoms with Gasteiger partial charge >= 0.3 is 24.1 Å². The predicted octanol–water partition coefficient (Wildman–Crippen LogP) is 4.80. The van der Waals surface area contributed by atoms with Gasteiger partial charge in [-0.15, -0.1) is 5.69 Å². The van der Waals surface area contributed by atoms with E-state index in [1.807, 2.05) is 24.3 Å². The predicted molar refractivity (Wildman–Crippen MR) is 291 cm³/mol. The van der Waals surface area contributed by atoms with Gasteiger partial charge in [-0.2, -0.15) is 13.5 Å². The fraction of sp³-hybridized carbons (Fsp3) is 0.745. The molecule has 24 nitrogen and oxygen atoms in total. The Kier molecular flexibility index (Phi) is 24.5. The van der Waals surface area contributed by atoms with Crippen LogP contribution in [0.3, 0.4) is 0 Å². The van der Waals surface area contributed by atoms with E-state index in [2.05, 4.69) is 37.7 Å². The number of carbonyl (C=O) groups excluding carboxylic acids is 8. The minimum absolute atomic E-state index is 0. The number of ether oxygens (including phenoxy) is 4. The average molecular weight is 1230 g/mol. The monoisotopic (exact) mass is 1230 g/mol. The first-order valence-corrected chi connectivity index (χ1v) is 29.5. The van der Waals surface area contributed by atoms with E-state index in [-0.39, 0.29) is 103 Å². The normalized spacial score (nSPS) is 29.9. The molecule has 6 amide bonds. The molecule has 1 aromatic rings. The van der Waals surface area contributed by atoms with Crippen LogP contribution in [0.4, 0.5) is 9.59 Å². The summed E-state index contributed by atoms with van der Waals surface area (Å²) in [6.45, 7) is 15.9. The molecule has 1 radical (unpaired) electrons. The van der Waals surface area contributed by atoms with E-state index in [1.165, 1.54) is 14.6 Å². The maximum Gasteiger partial charge on any atom is 0.408 e. The molecule has 5 heterocycles. The molecule has 0 bridgehead atoms. The molecule has 0 aromatic carbocycles. The number of alkyl carbamates (subject to hydrolysis) is 2. The largest absolute Gasteiger partial charge is 0.464 e. The Balaban J connectivity index is 0.000000340. The molecule has 1 aromatic heterocycles. The summed E-state index contributed by atoms with van der Waals surface area (Å²) in [6.07, 6.45) is 17.1. The number of carbonyl (C=O) groups is 8. The summed E-state index contributed by atoms with van der Waals surface area (Å²) < 4.78 is 50.2. The number of allylic oxidation sites excluding steroid dienone is 2. The Labute approximate surface area is 502 Å². The summed E-state index contributed by atoms with van der Waals surface area (Å²) in [7, 11) is -3.87. The Hall–Kier alpha value is -5.01. The van der Waals surface area contributed by atoms with Gasteiger partial charge in [-0.05, 0) is 107 Å². The van der Waals surface area contributed by atoms with Crippen molar-refractivity contribution in [2.24, 2.45) is 11.8 Å². The number of aromatic nitrogens is 3. The average Bonchev–Trinajstić information content (AvgIpc) is 3.94. The zero-order valence-corrected chi connectivity index (χ0v) is 51.7. The first kappa shape index (κ1) is 68.5. The molecular weight excluding hydrogens is 1150 g/mol. The first-order chi connectivity index (χ1) is 37.1. The van der Waals surface area contributed by atoms with Gasteiger partial charge in [-0.1, -0.05) is 64.3 Å². The van der Waals surface area contributed by atoms with Crippen LogP contribution in [0.15, 0.2) is 24.3 Å². The molecule has 1 unspecified atom stereocenters. The Morgan fingerprint density at radius 2 is 1.16 bits per heavy atom. The van der Waals surface area contributed by atoms with Crippen LogP contribution < -0.4 is 21.3 Å². The molecule has 2 saturated carbocycles. The maximum absolute atomic E-state index is 14.0. The zero-order valence-electron chi connectivity index (χ0n) is 48.0. The molecule has 2 aliphatic carbocycles. The summed E-state index contributed by atoms with van der Waals surface area (Å²) in [4.78, 5) is 111. The van der Waals surface area contributed by atoms with Crippen LogP contribution in [0, 0.1) is 25.0 Å². The molecule has 4 fully saturated rings. The molecule has 0 spiro atoms. The minimum Gasteiger partial charge on any atom is -0.464 e. The van der Waals surface area contributed by atoms with Crippen molar-refractivity contribution in [3.63, 3.8) is 0 Å². The zero-order chi connectivity index (χ0) is 58.1. The van der Waals surface area contributed by atoms with Crippen LogP contribution in [-0.2, 0) is 94.7 Å². The van der Waals surface area contributed by atoms with E-state index in [0.29, 0.717) is 44.2 Å². The van der Waals surface area contributed by atoms with Gasteiger partial charge in [0.25, 0.3) is 10.1 Å². The molecule has 4 aliphatic heterocycles. The third-order valence-corrected chi connectivity index (χ3v) is 15.0. The number of amides is 6. The van der Waals surface area contributed by atoms with Gasteiger partial charge in [0.05, 0.1) is 31.6 Å². The van der Waals surface area contributed by atoms with E-state index < -0.39 is 105 Å². The smallest absolute Gasteiger partial charge is 0.408 e. The van der Waals surface area contributed by atoms with Crippen LogP contribution in [-0.4, -0.2) is 166 Å².